The van der Waals surface area contributed by atoms with Gasteiger partial charge in [0.25, 0.3) is 5.91 Å². The minimum absolute atomic E-state index is 0.186. The molecule has 5 nitrogen and oxygen atoms in total. The molecule has 4 fully saturated rings. The number of carbonyl (C=O) groups excluding carboxylic acids is 1. The highest BCUT2D eigenvalue weighted by Crippen LogP contribution is 2.56. The van der Waals surface area contributed by atoms with Crippen LogP contribution >= 0.6 is 0 Å². The van der Waals surface area contributed by atoms with E-state index >= 15 is 0 Å². The summed E-state index contributed by atoms with van der Waals surface area (Å²) in [6.07, 6.45) is 6.42. The molecule has 31 heavy (non-hydrogen) atoms. The van der Waals surface area contributed by atoms with Crippen molar-refractivity contribution in [2.45, 2.75) is 88.9 Å². The van der Waals surface area contributed by atoms with Crippen molar-refractivity contribution in [2.24, 2.45) is 5.92 Å². The van der Waals surface area contributed by atoms with Gasteiger partial charge in [0.1, 0.15) is 6.10 Å². The number of nitrogens with zero attached hydrogens (tertiary/aromatic N) is 1. The molecule has 6 heteroatoms. The van der Waals surface area contributed by atoms with Crippen LogP contribution in [0.3, 0.4) is 0 Å². The Bertz CT molecular complexity index is 802. The summed E-state index contributed by atoms with van der Waals surface area (Å²) in [5, 5.41) is 0. The smallest absolute Gasteiger partial charge is 0.399 e. The van der Waals surface area contributed by atoms with Gasteiger partial charge in [-0.15, -0.1) is 0 Å². The van der Waals surface area contributed by atoms with E-state index in [0.717, 1.165) is 50.8 Å². The van der Waals surface area contributed by atoms with Gasteiger partial charge in [-0.25, -0.2) is 0 Å². The van der Waals surface area contributed by atoms with E-state index in [-0.39, 0.29) is 30.3 Å². The van der Waals surface area contributed by atoms with Crippen LogP contribution in [0.4, 0.5) is 0 Å². The molecule has 1 amide bonds. The maximum atomic E-state index is 12.7. The normalized spacial score (nSPS) is 29.4. The van der Waals surface area contributed by atoms with Crippen molar-refractivity contribution in [3.63, 3.8) is 0 Å². The molecule has 1 saturated carbocycles. The minimum atomic E-state index is -0.316. The zero-order valence-corrected chi connectivity index (χ0v) is 19.5. The third-order valence-electron chi connectivity index (χ3n) is 8.59. The summed E-state index contributed by atoms with van der Waals surface area (Å²) in [5.41, 5.74) is 2.20. The van der Waals surface area contributed by atoms with Gasteiger partial charge in [-0.05, 0) is 88.6 Å². The fraction of sp³-hybridized carbons (Fsp3) is 0.720. The van der Waals surface area contributed by atoms with Crippen LogP contribution in [0.15, 0.2) is 24.3 Å². The van der Waals surface area contributed by atoms with E-state index in [2.05, 4.69) is 52.0 Å². The molecule has 5 rings (SSSR count). The highest BCUT2D eigenvalue weighted by atomic mass is 16.7. The summed E-state index contributed by atoms with van der Waals surface area (Å²) in [6.45, 7) is 10.9. The lowest BCUT2D eigenvalue weighted by molar-refractivity contribution is -0.142. The lowest BCUT2D eigenvalue weighted by Crippen LogP contribution is -2.45. The van der Waals surface area contributed by atoms with E-state index in [1.54, 1.807) is 0 Å². The van der Waals surface area contributed by atoms with Gasteiger partial charge in [-0.1, -0.05) is 24.3 Å². The topological polar surface area (TPSA) is 48.0 Å². The predicted octanol–water partition coefficient (Wildman–Crippen LogP) is 3.44. The maximum Gasteiger partial charge on any atom is 0.494 e. The third kappa shape index (κ3) is 3.75. The monoisotopic (exact) mass is 425 g/mol. The van der Waals surface area contributed by atoms with Crippen LogP contribution in [0.25, 0.3) is 0 Å². The molecular weight excluding hydrogens is 389 g/mol. The molecule has 3 heterocycles. The van der Waals surface area contributed by atoms with Gasteiger partial charge in [0.2, 0.25) is 0 Å². The van der Waals surface area contributed by atoms with Crippen LogP contribution in [-0.2, 0) is 24.3 Å². The molecule has 3 aliphatic heterocycles. The molecule has 0 aromatic heterocycles. The number of piperidine rings is 1. The first kappa shape index (κ1) is 21.5. The van der Waals surface area contributed by atoms with Crippen LogP contribution in [0.5, 0.6) is 0 Å². The minimum Gasteiger partial charge on any atom is -0.399 e. The summed E-state index contributed by atoms with van der Waals surface area (Å²) in [4.78, 5) is 14.7. The van der Waals surface area contributed by atoms with Crippen molar-refractivity contribution >= 4 is 18.5 Å². The standard InChI is InChI=1S/C25H36BNO4/c1-23(2)24(3,4)31-26(30-23)20-9-7-18(8-10-20)25(13-14-25)19-11-15-27(16-12-19)22(28)21-6-5-17-29-21/h7-10,19,21H,5-6,11-17H2,1-4H3/t21-/m1/s1. The quantitative estimate of drug-likeness (QED) is 0.694. The highest BCUT2D eigenvalue weighted by Gasteiger charge is 2.53. The Labute approximate surface area is 186 Å². The maximum absolute atomic E-state index is 12.7. The molecule has 0 spiro atoms. The molecule has 1 atom stereocenters. The Balaban J connectivity index is 1.23. The van der Waals surface area contributed by atoms with Gasteiger partial charge < -0.3 is 18.9 Å². The first-order valence-corrected chi connectivity index (χ1v) is 12.1. The van der Waals surface area contributed by atoms with Crippen LogP contribution in [-0.4, -0.2) is 54.9 Å². The molecular formula is C25H36BNO4. The van der Waals surface area contributed by atoms with Crippen LogP contribution < -0.4 is 5.46 Å². The molecule has 0 bridgehead atoms. The number of hydrogen-bond donors (Lipinski definition) is 0. The number of carbonyl (C=O) groups is 1. The fourth-order valence-electron chi connectivity index (χ4n) is 5.65. The van der Waals surface area contributed by atoms with Crippen molar-refractivity contribution in [3.8, 4) is 0 Å². The molecule has 0 N–H and O–H groups in total. The molecule has 168 valence electrons. The van der Waals surface area contributed by atoms with Gasteiger partial charge in [-0.3, -0.25) is 4.79 Å². The van der Waals surface area contributed by atoms with E-state index in [9.17, 15) is 4.79 Å². The first-order valence-electron chi connectivity index (χ1n) is 12.1. The van der Waals surface area contributed by atoms with E-state index in [0.29, 0.717) is 11.3 Å². The molecule has 1 aromatic rings. The third-order valence-corrected chi connectivity index (χ3v) is 8.59. The van der Waals surface area contributed by atoms with Gasteiger partial charge >= 0.3 is 7.12 Å². The van der Waals surface area contributed by atoms with Gasteiger partial charge in [0.15, 0.2) is 0 Å². The molecule has 0 unspecified atom stereocenters. The second-order valence-electron chi connectivity index (χ2n) is 11.0. The summed E-state index contributed by atoms with van der Waals surface area (Å²) >= 11 is 0. The van der Waals surface area contributed by atoms with Gasteiger partial charge in [0, 0.05) is 19.7 Å². The van der Waals surface area contributed by atoms with Crippen molar-refractivity contribution in [1.29, 1.82) is 0 Å². The fourth-order valence-corrected chi connectivity index (χ4v) is 5.65. The van der Waals surface area contributed by atoms with Gasteiger partial charge in [0.05, 0.1) is 11.2 Å². The Morgan fingerprint density at radius 3 is 2.10 bits per heavy atom. The SMILES string of the molecule is CC1(C)OB(c2ccc(C3(C4CCN(C(=O)[C@H]5CCCO5)CC4)CC3)cc2)OC1(C)C. The molecule has 3 saturated heterocycles. The average Bonchev–Trinajstić information content (AvgIpc) is 3.30. The molecule has 0 radical (unpaired) electrons. The van der Waals surface area contributed by atoms with E-state index < -0.39 is 0 Å². The molecule has 1 aromatic carbocycles. The largest absolute Gasteiger partial charge is 0.494 e. The van der Waals surface area contributed by atoms with Crippen molar-refractivity contribution < 1.29 is 18.8 Å². The van der Waals surface area contributed by atoms with E-state index in [4.69, 9.17) is 14.0 Å². The first-order chi connectivity index (χ1) is 14.7. The second-order valence-corrected chi connectivity index (χ2v) is 11.0. The zero-order valence-electron chi connectivity index (χ0n) is 19.5. The van der Waals surface area contributed by atoms with Gasteiger partial charge in [-0.2, -0.15) is 0 Å². The summed E-state index contributed by atoms with van der Waals surface area (Å²) in [6, 6.07) is 8.95. The Morgan fingerprint density at radius 1 is 0.968 bits per heavy atom. The van der Waals surface area contributed by atoms with Crippen molar-refractivity contribution in [1.82, 2.24) is 4.90 Å². The molecule has 4 aliphatic rings. The van der Waals surface area contributed by atoms with Crippen molar-refractivity contribution in [2.75, 3.05) is 19.7 Å². The summed E-state index contributed by atoms with van der Waals surface area (Å²) in [5.74, 6) is 0.872. The Kier molecular flexibility index (Phi) is 5.27. The highest BCUT2D eigenvalue weighted by molar-refractivity contribution is 6.62. The number of rotatable bonds is 4. The zero-order chi connectivity index (χ0) is 21.9. The summed E-state index contributed by atoms with van der Waals surface area (Å²) in [7, 11) is -0.304. The van der Waals surface area contributed by atoms with Crippen LogP contribution in [0.2, 0.25) is 0 Å². The number of hydrogen-bond acceptors (Lipinski definition) is 4. The summed E-state index contributed by atoms with van der Waals surface area (Å²) < 4.78 is 18.0. The van der Waals surface area contributed by atoms with E-state index in [1.807, 2.05) is 4.90 Å². The molecule has 1 aliphatic carbocycles. The Morgan fingerprint density at radius 2 is 1.58 bits per heavy atom. The number of amides is 1. The number of benzene rings is 1. The van der Waals surface area contributed by atoms with E-state index in [1.165, 1.54) is 18.4 Å². The Hall–Kier alpha value is -1.37. The number of likely N-dealkylation sites (tertiary alicyclic amines) is 1. The number of ether oxygens (including phenoxy) is 1. The average molecular weight is 425 g/mol. The van der Waals surface area contributed by atoms with Crippen LogP contribution in [0, 0.1) is 5.92 Å². The van der Waals surface area contributed by atoms with Crippen LogP contribution in [0.1, 0.15) is 71.8 Å². The predicted molar refractivity (Wildman–Crippen MR) is 121 cm³/mol. The second kappa shape index (κ2) is 7.60. The lowest BCUT2D eigenvalue weighted by Gasteiger charge is -2.37. The lowest BCUT2D eigenvalue weighted by atomic mass is 9.74. The van der Waals surface area contributed by atoms with Crippen molar-refractivity contribution in [3.05, 3.63) is 29.8 Å².